The van der Waals surface area contributed by atoms with Gasteiger partial charge in [-0.05, 0) is 12.1 Å². The summed E-state index contributed by atoms with van der Waals surface area (Å²) in [7, 11) is 5.08. The van der Waals surface area contributed by atoms with E-state index in [4.69, 9.17) is 4.74 Å². The number of aromatic hydroxyl groups is 1. The Morgan fingerprint density at radius 3 is 2.69 bits per heavy atom. The van der Waals surface area contributed by atoms with Gasteiger partial charge in [0.2, 0.25) is 0 Å². The van der Waals surface area contributed by atoms with Gasteiger partial charge in [-0.1, -0.05) is 6.07 Å². The predicted molar refractivity (Wildman–Crippen MR) is 61.8 cm³/mol. The van der Waals surface area contributed by atoms with Crippen molar-refractivity contribution in [1.82, 2.24) is 4.90 Å². The molecule has 0 heterocycles. The number of hydrogen-bond donors (Lipinski definition) is 1. The number of allylic oxidation sites excluding steroid dienone is 1. The first-order chi connectivity index (χ1) is 7.56. The van der Waals surface area contributed by atoms with Crippen molar-refractivity contribution in [3.8, 4) is 11.5 Å². The Morgan fingerprint density at radius 1 is 1.44 bits per heavy atom. The van der Waals surface area contributed by atoms with Crippen LogP contribution in [0.5, 0.6) is 11.5 Å². The highest BCUT2D eigenvalue weighted by molar-refractivity contribution is 6.08. The lowest BCUT2D eigenvalue weighted by Gasteiger charge is -2.08. The van der Waals surface area contributed by atoms with Gasteiger partial charge >= 0.3 is 0 Å². The van der Waals surface area contributed by atoms with Crippen LogP contribution in [0.25, 0.3) is 0 Å². The van der Waals surface area contributed by atoms with E-state index >= 15 is 0 Å². The van der Waals surface area contributed by atoms with Gasteiger partial charge in [-0.25, -0.2) is 0 Å². The van der Waals surface area contributed by atoms with Crippen molar-refractivity contribution < 1.29 is 14.6 Å². The van der Waals surface area contributed by atoms with Crippen LogP contribution in [0.4, 0.5) is 0 Å². The molecule has 1 aromatic carbocycles. The zero-order valence-corrected chi connectivity index (χ0v) is 9.60. The van der Waals surface area contributed by atoms with Crippen LogP contribution in [0.1, 0.15) is 10.4 Å². The van der Waals surface area contributed by atoms with Crippen molar-refractivity contribution in [2.45, 2.75) is 0 Å². The fraction of sp³-hybridized carbons (Fsp3) is 0.250. The van der Waals surface area contributed by atoms with E-state index < -0.39 is 0 Å². The molecule has 0 aliphatic rings. The second-order valence-corrected chi connectivity index (χ2v) is 3.50. The summed E-state index contributed by atoms with van der Waals surface area (Å²) in [6.45, 7) is 0. The lowest BCUT2D eigenvalue weighted by Crippen LogP contribution is -2.04. The summed E-state index contributed by atoms with van der Waals surface area (Å²) in [4.78, 5) is 13.5. The zero-order chi connectivity index (χ0) is 12.1. The van der Waals surface area contributed by atoms with Gasteiger partial charge in [0.15, 0.2) is 5.78 Å². The summed E-state index contributed by atoms with van der Waals surface area (Å²) < 4.78 is 5.03. The summed E-state index contributed by atoms with van der Waals surface area (Å²) in [5, 5.41) is 9.61. The molecule has 1 rings (SSSR count). The number of benzene rings is 1. The molecule has 1 aromatic rings. The van der Waals surface area contributed by atoms with Crippen LogP contribution in [-0.2, 0) is 0 Å². The third-order valence-corrected chi connectivity index (χ3v) is 1.99. The van der Waals surface area contributed by atoms with E-state index in [9.17, 15) is 9.90 Å². The fourth-order valence-electron chi connectivity index (χ4n) is 1.24. The molecule has 4 heteroatoms. The van der Waals surface area contributed by atoms with Crippen LogP contribution in [0.2, 0.25) is 0 Å². The third kappa shape index (κ3) is 2.76. The molecule has 86 valence electrons. The van der Waals surface area contributed by atoms with E-state index in [1.165, 1.54) is 19.3 Å². The maximum Gasteiger partial charge on any atom is 0.194 e. The van der Waals surface area contributed by atoms with E-state index in [-0.39, 0.29) is 17.1 Å². The van der Waals surface area contributed by atoms with Crippen LogP contribution < -0.4 is 4.74 Å². The van der Waals surface area contributed by atoms with Gasteiger partial charge < -0.3 is 14.7 Å². The molecule has 0 atom stereocenters. The Hall–Kier alpha value is -1.97. The molecule has 0 aliphatic heterocycles. The molecule has 0 radical (unpaired) electrons. The minimum atomic E-state index is -0.288. The second-order valence-electron chi connectivity index (χ2n) is 3.50. The van der Waals surface area contributed by atoms with E-state index in [1.54, 1.807) is 23.2 Å². The predicted octanol–water partition coefficient (Wildman–Crippen LogP) is 1.66. The summed E-state index contributed by atoms with van der Waals surface area (Å²) in [6, 6.07) is 4.72. The standard InChI is InChI=1S/C12H15NO3/c1-13(2)8-7-10(15)12-9(14)5-4-6-11(12)16-3/h4-8,14H,1-3H3. The number of phenols is 1. The number of rotatable bonds is 4. The molecule has 0 fully saturated rings. The van der Waals surface area contributed by atoms with Crippen molar-refractivity contribution in [3.63, 3.8) is 0 Å². The summed E-state index contributed by atoms with van der Waals surface area (Å²) in [6.07, 6.45) is 3.01. The van der Waals surface area contributed by atoms with Gasteiger partial charge in [0, 0.05) is 26.4 Å². The van der Waals surface area contributed by atoms with Crippen LogP contribution in [0.3, 0.4) is 0 Å². The Labute approximate surface area is 94.8 Å². The van der Waals surface area contributed by atoms with Gasteiger partial charge in [-0.2, -0.15) is 0 Å². The Balaban J connectivity index is 3.07. The van der Waals surface area contributed by atoms with Crippen molar-refractivity contribution >= 4 is 5.78 Å². The molecule has 0 unspecified atom stereocenters. The topological polar surface area (TPSA) is 49.8 Å². The largest absolute Gasteiger partial charge is 0.507 e. The molecule has 16 heavy (non-hydrogen) atoms. The van der Waals surface area contributed by atoms with Crippen LogP contribution in [0, 0.1) is 0 Å². The molecular weight excluding hydrogens is 206 g/mol. The van der Waals surface area contributed by atoms with Gasteiger partial charge in [0.25, 0.3) is 0 Å². The Morgan fingerprint density at radius 2 is 2.12 bits per heavy atom. The molecule has 4 nitrogen and oxygen atoms in total. The Kier molecular flexibility index (Phi) is 3.94. The number of methoxy groups -OCH3 is 1. The van der Waals surface area contributed by atoms with Crippen LogP contribution in [-0.4, -0.2) is 37.0 Å². The molecule has 0 aliphatic carbocycles. The minimum Gasteiger partial charge on any atom is -0.507 e. The van der Waals surface area contributed by atoms with Crippen molar-refractivity contribution in [2.24, 2.45) is 0 Å². The third-order valence-electron chi connectivity index (χ3n) is 1.99. The first-order valence-corrected chi connectivity index (χ1v) is 4.81. The first kappa shape index (κ1) is 12.1. The van der Waals surface area contributed by atoms with E-state index in [0.717, 1.165) is 0 Å². The average Bonchev–Trinajstić information content (AvgIpc) is 2.25. The van der Waals surface area contributed by atoms with E-state index in [0.29, 0.717) is 5.75 Å². The van der Waals surface area contributed by atoms with Gasteiger partial charge in [-0.3, -0.25) is 4.79 Å². The molecule has 1 N–H and O–H groups in total. The number of phenolic OH excluding ortho intramolecular Hbond substituents is 1. The smallest absolute Gasteiger partial charge is 0.194 e. The highest BCUT2D eigenvalue weighted by Gasteiger charge is 2.14. The van der Waals surface area contributed by atoms with Crippen LogP contribution in [0.15, 0.2) is 30.5 Å². The highest BCUT2D eigenvalue weighted by Crippen LogP contribution is 2.27. The number of ketones is 1. The molecule has 0 bridgehead atoms. The fourth-order valence-corrected chi connectivity index (χ4v) is 1.24. The maximum absolute atomic E-state index is 11.8. The number of carbonyl (C=O) groups is 1. The Bertz CT molecular complexity index is 411. The monoisotopic (exact) mass is 221 g/mol. The molecule has 0 saturated heterocycles. The highest BCUT2D eigenvalue weighted by atomic mass is 16.5. The van der Waals surface area contributed by atoms with Gasteiger partial charge in [-0.15, -0.1) is 0 Å². The zero-order valence-electron chi connectivity index (χ0n) is 9.60. The minimum absolute atomic E-state index is 0.0762. The number of carbonyl (C=O) groups excluding carboxylic acids is 1. The number of hydrogen-bond acceptors (Lipinski definition) is 4. The normalized spacial score (nSPS) is 10.4. The number of nitrogens with zero attached hydrogens (tertiary/aromatic N) is 1. The second kappa shape index (κ2) is 5.21. The first-order valence-electron chi connectivity index (χ1n) is 4.81. The van der Waals surface area contributed by atoms with Crippen LogP contribution >= 0.6 is 0 Å². The molecule has 0 amide bonds. The SMILES string of the molecule is COc1cccc(O)c1C(=O)C=CN(C)C. The quantitative estimate of drug-likeness (QED) is 0.620. The van der Waals surface area contributed by atoms with E-state index in [2.05, 4.69) is 0 Å². The average molecular weight is 221 g/mol. The molecular formula is C12H15NO3. The maximum atomic E-state index is 11.8. The molecule has 0 saturated carbocycles. The lowest BCUT2D eigenvalue weighted by molar-refractivity contribution is 0.104. The van der Waals surface area contributed by atoms with E-state index in [1.807, 2.05) is 14.1 Å². The van der Waals surface area contributed by atoms with Gasteiger partial charge in [0.05, 0.1) is 7.11 Å². The summed E-state index contributed by atoms with van der Waals surface area (Å²) in [5.74, 6) is 0.00446. The molecule has 0 spiro atoms. The summed E-state index contributed by atoms with van der Waals surface area (Å²) in [5.41, 5.74) is 0.183. The lowest BCUT2D eigenvalue weighted by atomic mass is 10.1. The van der Waals surface area contributed by atoms with Crippen molar-refractivity contribution in [1.29, 1.82) is 0 Å². The summed E-state index contributed by atoms with van der Waals surface area (Å²) >= 11 is 0. The van der Waals surface area contributed by atoms with Crippen molar-refractivity contribution in [3.05, 3.63) is 36.0 Å². The van der Waals surface area contributed by atoms with Crippen molar-refractivity contribution in [2.75, 3.05) is 21.2 Å². The number of ether oxygens (including phenoxy) is 1. The molecule has 0 aromatic heterocycles. The van der Waals surface area contributed by atoms with Gasteiger partial charge in [0.1, 0.15) is 17.1 Å².